The van der Waals surface area contributed by atoms with Gasteiger partial charge in [-0.2, -0.15) is 4.39 Å². The normalized spacial score (nSPS) is 23.5. The summed E-state index contributed by atoms with van der Waals surface area (Å²) in [6.07, 6.45) is 4.44. The van der Waals surface area contributed by atoms with Gasteiger partial charge < -0.3 is 9.80 Å². The predicted octanol–water partition coefficient (Wildman–Crippen LogP) is 4.43. The van der Waals surface area contributed by atoms with E-state index >= 15 is 4.39 Å². The molecule has 2 aliphatic rings. The van der Waals surface area contributed by atoms with Gasteiger partial charge in [-0.15, -0.1) is 0 Å². The zero-order valence-corrected chi connectivity index (χ0v) is 19.9. The monoisotopic (exact) mass is 484 g/mol. The van der Waals surface area contributed by atoms with Gasteiger partial charge in [-0.05, 0) is 58.5 Å². The Morgan fingerprint density at radius 2 is 2.03 bits per heavy atom. The van der Waals surface area contributed by atoms with Crippen LogP contribution in [0.1, 0.15) is 31.2 Å². The van der Waals surface area contributed by atoms with Crippen molar-refractivity contribution in [3.63, 3.8) is 0 Å². The van der Waals surface area contributed by atoms with E-state index in [-0.39, 0.29) is 21.8 Å². The highest BCUT2D eigenvalue weighted by molar-refractivity contribution is 7.92. The fraction of sp³-hybridized carbons (Fsp3) is 0.500. The number of rotatable bonds is 5. The van der Waals surface area contributed by atoms with Crippen LogP contribution in [0.2, 0.25) is 5.02 Å². The lowest BCUT2D eigenvalue weighted by Gasteiger charge is -2.36. The molecule has 10 heteroatoms. The number of hydrogen-bond donors (Lipinski definition) is 1. The zero-order chi connectivity index (χ0) is 23.3. The van der Waals surface area contributed by atoms with Crippen LogP contribution < -0.4 is 9.62 Å². The minimum Gasteiger partial charge on any atom is -0.371 e. The molecule has 2 atom stereocenters. The standard InChI is InChI=1S/C22H27ClF2N4O2S/c1-14-16(29-11-10-22(13-29)9-5-6-17(22)28(2)3)12-15(23)21(20(14)25)32(30,31)27-19-8-4-7-18(24)26-19/h4,7-8,12,17H,5-6,9-11,13H2,1-3H3,(H,26,27)/t17-,22+/m1/s1. The second-order valence-electron chi connectivity index (χ2n) is 9.00. The number of halogens is 3. The molecule has 0 amide bonds. The summed E-state index contributed by atoms with van der Waals surface area (Å²) < 4.78 is 56.5. The first-order chi connectivity index (χ1) is 15.0. The fourth-order valence-electron chi connectivity index (χ4n) is 5.41. The van der Waals surface area contributed by atoms with Crippen LogP contribution in [0.25, 0.3) is 0 Å². The van der Waals surface area contributed by atoms with Gasteiger partial charge in [0.15, 0.2) is 0 Å². The second kappa shape index (κ2) is 8.43. The summed E-state index contributed by atoms with van der Waals surface area (Å²) in [5, 5.41) is -0.219. The molecule has 6 nitrogen and oxygen atoms in total. The van der Waals surface area contributed by atoms with Crippen LogP contribution in [-0.2, 0) is 10.0 Å². The molecule has 1 spiro atoms. The molecule has 2 heterocycles. The van der Waals surface area contributed by atoms with E-state index < -0.39 is 26.7 Å². The van der Waals surface area contributed by atoms with Crippen molar-refractivity contribution in [1.82, 2.24) is 9.88 Å². The molecule has 1 aliphatic carbocycles. The first-order valence-electron chi connectivity index (χ1n) is 10.6. The van der Waals surface area contributed by atoms with Crippen molar-refractivity contribution in [2.45, 2.75) is 43.5 Å². The molecule has 1 saturated heterocycles. The molecule has 32 heavy (non-hydrogen) atoms. The van der Waals surface area contributed by atoms with E-state index in [0.29, 0.717) is 11.7 Å². The van der Waals surface area contributed by atoms with E-state index in [2.05, 4.69) is 33.6 Å². The van der Waals surface area contributed by atoms with Gasteiger partial charge in [0.25, 0.3) is 10.0 Å². The van der Waals surface area contributed by atoms with E-state index in [1.54, 1.807) is 6.92 Å². The molecule has 1 aliphatic heterocycles. The Balaban J connectivity index is 1.65. The molecule has 0 bridgehead atoms. The molecule has 2 fully saturated rings. The summed E-state index contributed by atoms with van der Waals surface area (Å²) in [7, 11) is -0.209. The van der Waals surface area contributed by atoms with Crippen molar-refractivity contribution >= 4 is 33.1 Å². The Hall–Kier alpha value is -1.97. The Kier molecular flexibility index (Phi) is 6.11. The van der Waals surface area contributed by atoms with Gasteiger partial charge in [0.05, 0.1) is 5.02 Å². The van der Waals surface area contributed by atoms with E-state index in [1.807, 2.05) is 0 Å². The SMILES string of the molecule is Cc1c(N2CC[C@@]3(CCC[C@H]3N(C)C)C2)cc(Cl)c(S(=O)(=O)Nc2cccc(F)n2)c1F. The Morgan fingerprint density at radius 1 is 1.28 bits per heavy atom. The number of nitrogens with one attached hydrogen (secondary N) is 1. The van der Waals surface area contributed by atoms with Gasteiger partial charge in [0.2, 0.25) is 5.95 Å². The molecule has 174 valence electrons. The van der Waals surface area contributed by atoms with Crippen LogP contribution in [-0.4, -0.2) is 51.5 Å². The lowest BCUT2D eigenvalue weighted by atomic mass is 9.81. The van der Waals surface area contributed by atoms with Gasteiger partial charge in [-0.1, -0.05) is 24.1 Å². The van der Waals surface area contributed by atoms with Crippen molar-refractivity contribution in [2.24, 2.45) is 5.41 Å². The lowest BCUT2D eigenvalue weighted by Crippen LogP contribution is -2.42. The first kappa shape index (κ1) is 23.2. The molecule has 2 aromatic rings. The van der Waals surface area contributed by atoms with Crippen molar-refractivity contribution in [3.05, 3.63) is 46.6 Å². The summed E-state index contributed by atoms with van der Waals surface area (Å²) in [4.78, 5) is 7.21. The average Bonchev–Trinajstić information content (AvgIpc) is 3.31. The summed E-state index contributed by atoms with van der Waals surface area (Å²) in [6.45, 7) is 3.10. The van der Waals surface area contributed by atoms with Gasteiger partial charge in [0.1, 0.15) is 16.5 Å². The number of anilines is 2. The summed E-state index contributed by atoms with van der Waals surface area (Å²) >= 11 is 6.31. The number of nitrogens with zero attached hydrogens (tertiary/aromatic N) is 3. The maximum absolute atomic E-state index is 15.4. The number of hydrogen-bond acceptors (Lipinski definition) is 5. The third kappa shape index (κ3) is 4.06. The van der Waals surface area contributed by atoms with E-state index in [4.69, 9.17) is 11.6 Å². The van der Waals surface area contributed by atoms with Gasteiger partial charge in [0, 0.05) is 35.8 Å². The molecular weight excluding hydrogens is 458 g/mol. The third-order valence-corrected chi connectivity index (χ3v) is 8.65. The number of sulfonamides is 1. The molecule has 1 aromatic heterocycles. The lowest BCUT2D eigenvalue weighted by molar-refractivity contribution is 0.153. The average molecular weight is 485 g/mol. The van der Waals surface area contributed by atoms with Crippen LogP contribution in [0.5, 0.6) is 0 Å². The molecule has 1 N–H and O–H groups in total. The minimum atomic E-state index is -4.41. The predicted molar refractivity (Wildman–Crippen MR) is 122 cm³/mol. The Morgan fingerprint density at radius 3 is 2.72 bits per heavy atom. The van der Waals surface area contributed by atoms with Crippen molar-refractivity contribution in [3.8, 4) is 0 Å². The van der Waals surface area contributed by atoms with E-state index in [1.165, 1.54) is 24.6 Å². The molecular formula is C22H27ClF2N4O2S. The van der Waals surface area contributed by atoms with Crippen LogP contribution in [0.15, 0.2) is 29.2 Å². The highest BCUT2D eigenvalue weighted by Crippen LogP contribution is 2.49. The highest BCUT2D eigenvalue weighted by Gasteiger charge is 2.48. The van der Waals surface area contributed by atoms with Gasteiger partial charge in [-0.25, -0.2) is 17.8 Å². The smallest absolute Gasteiger partial charge is 0.267 e. The van der Waals surface area contributed by atoms with Gasteiger partial charge in [-0.3, -0.25) is 4.72 Å². The van der Waals surface area contributed by atoms with Crippen LogP contribution >= 0.6 is 11.6 Å². The number of aromatic nitrogens is 1. The molecule has 1 saturated carbocycles. The molecule has 1 aromatic carbocycles. The largest absolute Gasteiger partial charge is 0.371 e. The maximum Gasteiger partial charge on any atom is 0.267 e. The maximum atomic E-state index is 15.4. The summed E-state index contributed by atoms with van der Waals surface area (Å²) in [5.41, 5.74) is 0.976. The molecule has 0 radical (unpaired) electrons. The van der Waals surface area contributed by atoms with Crippen LogP contribution in [0, 0.1) is 24.1 Å². The fourth-order valence-corrected chi connectivity index (χ4v) is 7.10. The Bertz CT molecular complexity index is 1140. The first-order valence-corrected chi connectivity index (χ1v) is 12.5. The highest BCUT2D eigenvalue weighted by atomic mass is 35.5. The topological polar surface area (TPSA) is 65.5 Å². The van der Waals surface area contributed by atoms with Crippen LogP contribution in [0.3, 0.4) is 0 Å². The number of benzene rings is 1. The van der Waals surface area contributed by atoms with Crippen molar-refractivity contribution in [2.75, 3.05) is 36.8 Å². The van der Waals surface area contributed by atoms with Crippen molar-refractivity contribution < 1.29 is 17.2 Å². The zero-order valence-electron chi connectivity index (χ0n) is 18.3. The summed E-state index contributed by atoms with van der Waals surface area (Å²) in [5.74, 6) is -2.01. The summed E-state index contributed by atoms with van der Waals surface area (Å²) in [6, 6.07) is 5.65. The minimum absolute atomic E-state index is 0.147. The number of pyridine rings is 1. The van der Waals surface area contributed by atoms with E-state index in [9.17, 15) is 12.8 Å². The van der Waals surface area contributed by atoms with Gasteiger partial charge >= 0.3 is 0 Å². The Labute approximate surface area is 192 Å². The van der Waals surface area contributed by atoms with Crippen molar-refractivity contribution in [1.29, 1.82) is 0 Å². The molecule has 4 rings (SSSR count). The second-order valence-corrected chi connectivity index (χ2v) is 11.0. The molecule has 0 unspecified atom stereocenters. The quantitative estimate of drug-likeness (QED) is 0.636. The third-order valence-electron chi connectivity index (χ3n) is 6.82. The van der Waals surface area contributed by atoms with Crippen LogP contribution in [0.4, 0.5) is 20.3 Å². The van der Waals surface area contributed by atoms with E-state index in [0.717, 1.165) is 38.4 Å².